The summed E-state index contributed by atoms with van der Waals surface area (Å²) in [5.74, 6) is 2.38. The maximum atomic E-state index is 11.9. The molecule has 1 aliphatic rings. The van der Waals surface area contributed by atoms with Gasteiger partial charge in [-0.15, -0.1) is 0 Å². The zero-order chi connectivity index (χ0) is 13.1. The Labute approximate surface area is 109 Å². The van der Waals surface area contributed by atoms with Gasteiger partial charge in [0, 0.05) is 5.75 Å². The number of carbonyl (C=O) groups excluding carboxylic acids is 1. The van der Waals surface area contributed by atoms with Crippen molar-refractivity contribution >= 4 is 17.7 Å². The lowest BCUT2D eigenvalue weighted by Gasteiger charge is -2.04. The lowest BCUT2D eigenvalue weighted by atomic mass is 10.1. The van der Waals surface area contributed by atoms with Crippen LogP contribution in [-0.2, 0) is 9.53 Å². The number of allylic oxidation sites excluding steroid dienone is 2. The third-order valence-corrected chi connectivity index (χ3v) is 4.22. The van der Waals surface area contributed by atoms with Gasteiger partial charge in [0.25, 0.3) is 0 Å². The van der Waals surface area contributed by atoms with Crippen LogP contribution >= 0.6 is 11.8 Å². The first-order valence-electron chi connectivity index (χ1n) is 6.30. The van der Waals surface area contributed by atoms with Crippen molar-refractivity contribution < 1.29 is 9.53 Å². The fourth-order valence-corrected chi connectivity index (χ4v) is 2.72. The van der Waals surface area contributed by atoms with Crippen LogP contribution in [0.5, 0.6) is 0 Å². The molecular weight excluding hydrogens is 232 g/mol. The van der Waals surface area contributed by atoms with Crippen molar-refractivity contribution in [3.8, 4) is 0 Å². The van der Waals surface area contributed by atoms with E-state index < -0.39 is 0 Å². The van der Waals surface area contributed by atoms with Crippen molar-refractivity contribution in [2.45, 2.75) is 34.6 Å². The lowest BCUT2D eigenvalue weighted by molar-refractivity contribution is -0.145. The molecule has 0 saturated heterocycles. The Morgan fingerprint density at radius 3 is 2.59 bits per heavy atom. The molecule has 0 spiro atoms. The highest BCUT2D eigenvalue weighted by Crippen LogP contribution is 2.59. The molecule has 1 rings (SSSR count). The number of hydrogen-bond acceptors (Lipinski definition) is 3. The normalized spacial score (nSPS) is 25.2. The zero-order valence-electron chi connectivity index (χ0n) is 11.6. The van der Waals surface area contributed by atoms with Crippen molar-refractivity contribution in [3.63, 3.8) is 0 Å². The van der Waals surface area contributed by atoms with Gasteiger partial charge in [0.05, 0.1) is 5.92 Å². The SMILES string of the molecule is CCSCCOC(=O)C1C(C=C(C)C)C1(C)C. The molecule has 0 amide bonds. The van der Waals surface area contributed by atoms with E-state index in [1.165, 1.54) is 5.57 Å². The van der Waals surface area contributed by atoms with Crippen LogP contribution < -0.4 is 0 Å². The highest BCUT2D eigenvalue weighted by Gasteiger charge is 2.61. The van der Waals surface area contributed by atoms with Crippen LogP contribution in [0.4, 0.5) is 0 Å². The Morgan fingerprint density at radius 2 is 2.06 bits per heavy atom. The van der Waals surface area contributed by atoms with Gasteiger partial charge >= 0.3 is 5.97 Å². The summed E-state index contributed by atoms with van der Waals surface area (Å²) in [6.07, 6.45) is 2.20. The number of esters is 1. The van der Waals surface area contributed by atoms with Crippen LogP contribution in [0.3, 0.4) is 0 Å². The Hall–Kier alpha value is -0.440. The van der Waals surface area contributed by atoms with Crippen LogP contribution in [0.25, 0.3) is 0 Å². The minimum absolute atomic E-state index is 0.0193. The summed E-state index contributed by atoms with van der Waals surface area (Å²) in [6, 6.07) is 0. The molecule has 0 aromatic rings. The first kappa shape index (κ1) is 14.6. The van der Waals surface area contributed by atoms with Crippen LogP contribution in [0.1, 0.15) is 34.6 Å². The molecule has 0 N–H and O–H groups in total. The topological polar surface area (TPSA) is 26.3 Å². The van der Waals surface area contributed by atoms with E-state index in [1.807, 2.05) is 0 Å². The summed E-state index contributed by atoms with van der Waals surface area (Å²) in [5, 5.41) is 0. The predicted molar refractivity (Wildman–Crippen MR) is 74.2 cm³/mol. The molecule has 0 aromatic carbocycles. The van der Waals surface area contributed by atoms with Gasteiger partial charge in [0.15, 0.2) is 0 Å². The molecule has 1 aliphatic carbocycles. The van der Waals surface area contributed by atoms with Gasteiger partial charge < -0.3 is 4.74 Å². The van der Waals surface area contributed by atoms with Gasteiger partial charge in [-0.3, -0.25) is 4.79 Å². The van der Waals surface area contributed by atoms with Crippen molar-refractivity contribution in [1.82, 2.24) is 0 Å². The summed E-state index contributed by atoms with van der Waals surface area (Å²) in [4.78, 5) is 11.9. The first-order chi connectivity index (χ1) is 7.91. The molecule has 1 saturated carbocycles. The van der Waals surface area contributed by atoms with E-state index in [-0.39, 0.29) is 17.3 Å². The molecule has 2 atom stereocenters. The molecule has 2 unspecified atom stereocenters. The minimum Gasteiger partial charge on any atom is -0.465 e. The number of thioether (sulfide) groups is 1. The van der Waals surface area contributed by atoms with E-state index in [4.69, 9.17) is 4.74 Å². The fraction of sp³-hybridized carbons (Fsp3) is 0.786. The van der Waals surface area contributed by atoms with Crippen LogP contribution in [0.2, 0.25) is 0 Å². The number of carbonyl (C=O) groups is 1. The third kappa shape index (κ3) is 3.77. The Bertz CT molecular complexity index is 303. The summed E-state index contributed by atoms with van der Waals surface area (Å²) < 4.78 is 5.33. The molecule has 0 aliphatic heterocycles. The smallest absolute Gasteiger partial charge is 0.310 e. The van der Waals surface area contributed by atoms with E-state index >= 15 is 0 Å². The van der Waals surface area contributed by atoms with Crippen LogP contribution in [0, 0.1) is 17.3 Å². The number of hydrogen-bond donors (Lipinski definition) is 0. The van der Waals surface area contributed by atoms with Crippen molar-refractivity contribution in [2.75, 3.05) is 18.1 Å². The minimum atomic E-state index is -0.0193. The van der Waals surface area contributed by atoms with E-state index in [0.717, 1.165) is 11.5 Å². The maximum Gasteiger partial charge on any atom is 0.310 e. The van der Waals surface area contributed by atoms with E-state index in [0.29, 0.717) is 12.5 Å². The Morgan fingerprint density at radius 1 is 1.41 bits per heavy atom. The van der Waals surface area contributed by atoms with Crippen molar-refractivity contribution in [2.24, 2.45) is 17.3 Å². The molecule has 0 bridgehead atoms. The molecule has 1 fully saturated rings. The Balaban J connectivity index is 2.41. The summed E-state index contributed by atoms with van der Waals surface area (Å²) >= 11 is 1.80. The fourth-order valence-electron chi connectivity index (χ4n) is 2.23. The zero-order valence-corrected chi connectivity index (χ0v) is 12.4. The van der Waals surface area contributed by atoms with Gasteiger partial charge in [-0.2, -0.15) is 11.8 Å². The van der Waals surface area contributed by atoms with Gasteiger partial charge in [0.2, 0.25) is 0 Å². The average molecular weight is 256 g/mol. The lowest BCUT2D eigenvalue weighted by Crippen LogP contribution is -2.12. The van der Waals surface area contributed by atoms with Crippen LogP contribution in [0.15, 0.2) is 11.6 Å². The standard InChI is InChI=1S/C14H24O2S/c1-6-17-8-7-16-13(15)12-11(9-10(2)3)14(12,4)5/h9,11-12H,6-8H2,1-5H3. The van der Waals surface area contributed by atoms with Gasteiger partial charge in [-0.25, -0.2) is 0 Å². The molecule has 2 nitrogen and oxygen atoms in total. The second-order valence-corrected chi connectivity index (χ2v) is 6.83. The molecular formula is C14H24O2S. The van der Waals surface area contributed by atoms with Crippen molar-refractivity contribution in [1.29, 1.82) is 0 Å². The third-order valence-electron chi connectivity index (χ3n) is 3.35. The summed E-state index contributed by atoms with van der Waals surface area (Å²) in [5.41, 5.74) is 1.35. The molecule has 0 heterocycles. The van der Waals surface area contributed by atoms with Crippen molar-refractivity contribution in [3.05, 3.63) is 11.6 Å². The number of rotatable bonds is 6. The van der Waals surface area contributed by atoms with Gasteiger partial charge in [-0.05, 0) is 30.9 Å². The molecule has 17 heavy (non-hydrogen) atoms. The maximum absolute atomic E-state index is 11.9. The quantitative estimate of drug-likeness (QED) is 0.413. The number of ether oxygens (including phenoxy) is 1. The highest BCUT2D eigenvalue weighted by molar-refractivity contribution is 7.99. The van der Waals surface area contributed by atoms with E-state index in [9.17, 15) is 4.79 Å². The molecule has 98 valence electrons. The second kappa shape index (κ2) is 5.94. The first-order valence-corrected chi connectivity index (χ1v) is 7.46. The van der Waals surface area contributed by atoms with Gasteiger partial charge in [-0.1, -0.05) is 32.4 Å². The van der Waals surface area contributed by atoms with E-state index in [1.54, 1.807) is 11.8 Å². The summed E-state index contributed by atoms with van der Waals surface area (Å²) in [7, 11) is 0. The monoisotopic (exact) mass is 256 g/mol. The molecule has 0 aromatic heterocycles. The average Bonchev–Trinajstić information content (AvgIpc) is 2.74. The predicted octanol–water partition coefficient (Wildman–Crippen LogP) is 3.52. The molecule has 0 radical (unpaired) electrons. The molecule has 3 heteroatoms. The summed E-state index contributed by atoms with van der Waals surface area (Å²) in [6.45, 7) is 11.1. The van der Waals surface area contributed by atoms with Gasteiger partial charge in [0.1, 0.15) is 6.61 Å². The highest BCUT2D eigenvalue weighted by atomic mass is 32.2. The van der Waals surface area contributed by atoms with E-state index in [2.05, 4.69) is 40.7 Å². The second-order valence-electron chi connectivity index (χ2n) is 5.43. The largest absolute Gasteiger partial charge is 0.465 e. The Kier molecular flexibility index (Phi) is 5.11. The van der Waals surface area contributed by atoms with Crippen LogP contribution in [-0.4, -0.2) is 24.1 Å².